The van der Waals surface area contributed by atoms with Gasteiger partial charge in [-0.25, -0.2) is 4.43 Å². The summed E-state index contributed by atoms with van der Waals surface area (Å²) in [6.07, 6.45) is 0. The van der Waals surface area contributed by atoms with Gasteiger partial charge >= 0.3 is 0 Å². The molecule has 0 radical (unpaired) electrons. The van der Waals surface area contributed by atoms with Gasteiger partial charge in [0, 0.05) is 5.54 Å². The molecule has 2 atom stereocenters. The van der Waals surface area contributed by atoms with Crippen LogP contribution in [-0.4, -0.2) is 8.32 Å². The zero-order valence-electron chi connectivity index (χ0n) is 11.6. The zero-order chi connectivity index (χ0) is 12.1. The normalized spacial score (nSPS) is 31.5. The fraction of sp³-hybridized carbons (Fsp3) is 0.923. The third kappa shape index (κ3) is 1.76. The van der Waals surface area contributed by atoms with Gasteiger partial charge in [-0.1, -0.05) is 48.5 Å². The second-order valence-electron chi connectivity index (χ2n) is 7.14. The predicted octanol–water partition coefficient (Wildman–Crippen LogP) is 4.75. The summed E-state index contributed by atoms with van der Waals surface area (Å²) in [6, 6.07) is 0. The third-order valence-corrected chi connectivity index (χ3v) is 10.9. The van der Waals surface area contributed by atoms with E-state index in [-0.39, 0.29) is 0 Å². The SMILES string of the molecule is C[C@@H]1[CH+]O[Si](C(C)(C)C)(C(C)(C)C)[C@H]1C. The molecule has 0 saturated carbocycles. The van der Waals surface area contributed by atoms with E-state index in [1.807, 2.05) is 0 Å². The molecule has 1 nitrogen and oxygen atoms in total. The van der Waals surface area contributed by atoms with E-state index in [1.54, 1.807) is 0 Å². The predicted molar refractivity (Wildman–Crippen MR) is 69.2 cm³/mol. The molecule has 88 valence electrons. The summed E-state index contributed by atoms with van der Waals surface area (Å²) in [5.74, 6) is 0.607. The number of hydrogen-bond donors (Lipinski definition) is 0. The van der Waals surface area contributed by atoms with Crippen LogP contribution < -0.4 is 0 Å². The molecule has 0 bridgehead atoms. The molecule has 0 spiro atoms. The van der Waals surface area contributed by atoms with Crippen molar-refractivity contribution in [1.29, 1.82) is 0 Å². The van der Waals surface area contributed by atoms with Crippen LogP contribution in [0.5, 0.6) is 0 Å². The Bertz CT molecular complexity index is 220. The number of rotatable bonds is 0. The molecule has 1 aliphatic rings. The van der Waals surface area contributed by atoms with E-state index in [0.717, 1.165) is 0 Å². The van der Waals surface area contributed by atoms with Gasteiger partial charge in [0.25, 0.3) is 8.32 Å². The minimum absolute atomic E-state index is 0.298. The highest BCUT2D eigenvalue weighted by atomic mass is 28.4. The van der Waals surface area contributed by atoms with Crippen molar-refractivity contribution in [2.24, 2.45) is 5.92 Å². The average Bonchev–Trinajstić information content (AvgIpc) is 2.26. The molecule has 1 fully saturated rings. The highest BCUT2D eigenvalue weighted by Gasteiger charge is 2.68. The van der Waals surface area contributed by atoms with Crippen molar-refractivity contribution in [3.8, 4) is 0 Å². The standard InChI is InChI=1S/C13H27OSi/c1-10-9-14-15(11(10)2,12(3,4)5)13(6,7)8/h9-11H,1-8H3/q+1/t10-,11+/m1/s1. The lowest BCUT2D eigenvalue weighted by molar-refractivity contribution is 0.345. The molecule has 0 amide bonds. The van der Waals surface area contributed by atoms with Crippen LogP contribution >= 0.6 is 0 Å². The molecule has 0 unspecified atom stereocenters. The van der Waals surface area contributed by atoms with Gasteiger partial charge in [-0.05, 0) is 17.0 Å². The molecule has 0 aromatic rings. The van der Waals surface area contributed by atoms with Gasteiger partial charge in [0.15, 0.2) is 0 Å². The summed E-state index contributed by atoms with van der Waals surface area (Å²) >= 11 is 0. The maximum Gasteiger partial charge on any atom is 0.279 e. The van der Waals surface area contributed by atoms with Crippen molar-refractivity contribution in [3.63, 3.8) is 0 Å². The van der Waals surface area contributed by atoms with Gasteiger partial charge in [0.2, 0.25) is 6.61 Å². The lowest BCUT2D eigenvalue weighted by atomic mass is 10.1. The lowest BCUT2D eigenvalue weighted by Crippen LogP contribution is -2.54. The zero-order valence-corrected chi connectivity index (χ0v) is 12.6. The van der Waals surface area contributed by atoms with Gasteiger partial charge in [-0.15, -0.1) is 0 Å². The van der Waals surface area contributed by atoms with Crippen LogP contribution in [0.25, 0.3) is 0 Å². The second-order valence-corrected chi connectivity index (χ2v) is 12.8. The largest absolute Gasteiger partial charge is 0.279 e. The third-order valence-electron chi connectivity index (χ3n) is 4.13. The van der Waals surface area contributed by atoms with Crippen molar-refractivity contribution < 1.29 is 4.43 Å². The molecular weight excluding hydrogens is 200 g/mol. The van der Waals surface area contributed by atoms with Gasteiger partial charge in [-0.3, -0.25) is 0 Å². The van der Waals surface area contributed by atoms with Crippen LogP contribution in [-0.2, 0) is 4.43 Å². The van der Waals surface area contributed by atoms with Crippen molar-refractivity contribution >= 4 is 8.32 Å². The Morgan fingerprint density at radius 2 is 1.33 bits per heavy atom. The van der Waals surface area contributed by atoms with Crippen LogP contribution in [0.4, 0.5) is 0 Å². The van der Waals surface area contributed by atoms with Crippen molar-refractivity contribution in [2.75, 3.05) is 0 Å². The Morgan fingerprint density at radius 3 is 1.47 bits per heavy atom. The molecular formula is C13H27OSi+. The van der Waals surface area contributed by atoms with Crippen LogP contribution in [0.1, 0.15) is 55.4 Å². The van der Waals surface area contributed by atoms with Gasteiger partial charge < -0.3 is 0 Å². The van der Waals surface area contributed by atoms with Crippen molar-refractivity contribution in [1.82, 2.24) is 0 Å². The number of hydrogen-bond acceptors (Lipinski definition) is 1. The molecule has 1 aliphatic heterocycles. The van der Waals surface area contributed by atoms with Gasteiger partial charge in [-0.2, -0.15) is 0 Å². The highest BCUT2D eigenvalue weighted by Crippen LogP contribution is 2.62. The fourth-order valence-electron chi connectivity index (χ4n) is 3.65. The average molecular weight is 227 g/mol. The van der Waals surface area contributed by atoms with E-state index in [1.165, 1.54) is 0 Å². The van der Waals surface area contributed by atoms with Crippen molar-refractivity contribution in [3.05, 3.63) is 6.61 Å². The monoisotopic (exact) mass is 227 g/mol. The first kappa shape index (κ1) is 13.1. The Morgan fingerprint density at radius 1 is 0.933 bits per heavy atom. The summed E-state index contributed by atoms with van der Waals surface area (Å²) in [5, 5.41) is 0.595. The summed E-state index contributed by atoms with van der Waals surface area (Å²) in [7, 11) is -1.76. The van der Waals surface area contributed by atoms with Gasteiger partial charge in [0.1, 0.15) is 5.92 Å². The molecule has 1 heterocycles. The highest BCUT2D eigenvalue weighted by molar-refractivity contribution is 6.81. The van der Waals surface area contributed by atoms with Crippen molar-refractivity contribution in [2.45, 2.75) is 71.0 Å². The van der Waals surface area contributed by atoms with E-state index in [2.05, 4.69) is 62.0 Å². The van der Waals surface area contributed by atoms with Crippen LogP contribution in [0.3, 0.4) is 0 Å². The van der Waals surface area contributed by atoms with E-state index >= 15 is 0 Å². The fourth-order valence-corrected chi connectivity index (χ4v) is 10.8. The maximum absolute atomic E-state index is 6.31. The minimum Gasteiger partial charge on any atom is -0.245 e. The Hall–Kier alpha value is 0.0469. The maximum atomic E-state index is 6.31. The molecule has 1 rings (SSSR count). The summed E-state index contributed by atoms with van der Waals surface area (Å²) < 4.78 is 6.31. The molecule has 0 N–H and O–H groups in total. The first-order valence-electron chi connectivity index (χ1n) is 6.05. The van der Waals surface area contributed by atoms with E-state index < -0.39 is 8.32 Å². The minimum atomic E-state index is -1.76. The molecule has 0 aromatic carbocycles. The van der Waals surface area contributed by atoms with Crippen LogP contribution in [0.2, 0.25) is 15.6 Å². The quantitative estimate of drug-likeness (QED) is 0.428. The molecule has 2 heteroatoms. The summed E-state index contributed by atoms with van der Waals surface area (Å²) in [6.45, 7) is 20.9. The first-order valence-corrected chi connectivity index (χ1v) is 8.04. The summed E-state index contributed by atoms with van der Waals surface area (Å²) in [5.41, 5.74) is 0.706. The lowest BCUT2D eigenvalue weighted by Gasteiger charge is -2.46. The topological polar surface area (TPSA) is 9.23 Å². The molecule has 0 aromatic heterocycles. The van der Waals surface area contributed by atoms with Crippen LogP contribution in [0.15, 0.2) is 0 Å². The summed E-state index contributed by atoms with van der Waals surface area (Å²) in [4.78, 5) is 0. The Kier molecular flexibility index (Phi) is 3.08. The Balaban J connectivity index is 3.22. The van der Waals surface area contributed by atoms with E-state index in [0.29, 0.717) is 21.5 Å². The molecule has 1 saturated heterocycles. The van der Waals surface area contributed by atoms with Crippen LogP contribution in [0, 0.1) is 12.5 Å². The van der Waals surface area contributed by atoms with E-state index in [9.17, 15) is 0 Å². The van der Waals surface area contributed by atoms with Gasteiger partial charge in [0.05, 0.1) is 0 Å². The Labute approximate surface area is 96.7 Å². The smallest absolute Gasteiger partial charge is 0.245 e. The first-order chi connectivity index (χ1) is 6.54. The van der Waals surface area contributed by atoms with E-state index in [4.69, 9.17) is 4.43 Å². The molecule has 0 aliphatic carbocycles. The molecule has 15 heavy (non-hydrogen) atoms. The second kappa shape index (κ2) is 3.52.